The van der Waals surface area contributed by atoms with Crippen molar-refractivity contribution in [1.29, 1.82) is 0 Å². The maximum absolute atomic E-state index is 13.1. The fourth-order valence-electron chi connectivity index (χ4n) is 1.17. The minimum Gasteiger partial charge on any atom is -0.307 e. The van der Waals surface area contributed by atoms with E-state index >= 15 is 0 Å². The molecule has 0 unspecified atom stereocenters. The second kappa shape index (κ2) is 5.58. The fraction of sp³-hybridized carbons (Fsp3) is 0.333. The van der Waals surface area contributed by atoms with Gasteiger partial charge in [-0.25, -0.2) is 13.2 Å². The highest BCUT2D eigenvalue weighted by atomic mass is 19.3. The van der Waals surface area contributed by atoms with Gasteiger partial charge in [0.15, 0.2) is 0 Å². The summed E-state index contributed by atoms with van der Waals surface area (Å²) in [4.78, 5) is 9.36. The average Bonchev–Trinajstić information content (AvgIpc) is 2.20. The summed E-state index contributed by atoms with van der Waals surface area (Å²) in [6.07, 6.45) is -2.62. The molecule has 94 valence electrons. The molecule has 0 heterocycles. The highest BCUT2D eigenvalue weighted by Crippen LogP contribution is 2.21. The third kappa shape index (κ3) is 3.66. The molecule has 0 aliphatic heterocycles. The maximum Gasteiger partial charge on any atom is 0.305 e. The zero-order chi connectivity index (χ0) is 13.0. The van der Waals surface area contributed by atoms with Gasteiger partial charge in [0.2, 0.25) is 5.82 Å². The number of rotatable bonds is 5. The molecule has 17 heavy (non-hydrogen) atoms. The topological polar surface area (TPSA) is 55.2 Å². The zero-order valence-corrected chi connectivity index (χ0v) is 8.42. The zero-order valence-electron chi connectivity index (χ0n) is 8.42. The normalized spacial score (nSPS) is 10.9. The van der Waals surface area contributed by atoms with E-state index < -0.39 is 35.2 Å². The van der Waals surface area contributed by atoms with E-state index in [-0.39, 0.29) is 12.1 Å². The number of alkyl halides is 2. The fourth-order valence-corrected chi connectivity index (χ4v) is 1.17. The lowest BCUT2D eigenvalue weighted by atomic mass is 10.2. The molecule has 0 bridgehead atoms. The Morgan fingerprint density at radius 2 is 1.94 bits per heavy atom. The molecular weight excluding hydrogens is 244 g/mol. The number of nitrogens with one attached hydrogen (secondary N) is 1. The molecule has 0 saturated carbocycles. The third-order valence-electron chi connectivity index (χ3n) is 1.93. The van der Waals surface area contributed by atoms with E-state index in [1.807, 2.05) is 0 Å². The largest absolute Gasteiger partial charge is 0.307 e. The van der Waals surface area contributed by atoms with Gasteiger partial charge >= 0.3 is 5.69 Å². The molecule has 1 aromatic rings. The molecule has 0 aromatic heterocycles. The quantitative estimate of drug-likeness (QED) is 0.496. The second-order valence-electron chi connectivity index (χ2n) is 3.17. The molecule has 0 spiro atoms. The van der Waals surface area contributed by atoms with Crippen LogP contribution in [0.15, 0.2) is 12.1 Å². The van der Waals surface area contributed by atoms with Gasteiger partial charge in [0.25, 0.3) is 6.43 Å². The van der Waals surface area contributed by atoms with Gasteiger partial charge in [-0.2, -0.15) is 4.39 Å². The van der Waals surface area contributed by atoms with Crippen molar-refractivity contribution in [3.05, 3.63) is 39.4 Å². The Morgan fingerprint density at radius 3 is 2.47 bits per heavy atom. The monoisotopic (exact) mass is 252 g/mol. The van der Waals surface area contributed by atoms with Crippen LogP contribution in [0.25, 0.3) is 0 Å². The van der Waals surface area contributed by atoms with Gasteiger partial charge in [-0.15, -0.1) is 0 Å². The van der Waals surface area contributed by atoms with Gasteiger partial charge in [0.1, 0.15) is 5.82 Å². The SMILES string of the molecule is O=[N+]([O-])c1cc(CNCC(F)F)c(F)cc1F. The van der Waals surface area contributed by atoms with Gasteiger partial charge in [0, 0.05) is 24.2 Å². The van der Waals surface area contributed by atoms with Gasteiger partial charge in [-0.05, 0) is 0 Å². The summed E-state index contributed by atoms with van der Waals surface area (Å²) in [6, 6.07) is 1.04. The van der Waals surface area contributed by atoms with Crippen molar-refractivity contribution < 1.29 is 22.5 Å². The summed E-state index contributed by atoms with van der Waals surface area (Å²) in [6.45, 7) is -1.01. The Kier molecular flexibility index (Phi) is 4.38. The first-order chi connectivity index (χ1) is 7.91. The standard InChI is InChI=1S/C9H8F4N2O2/c10-6-2-7(11)8(15(16)17)1-5(6)3-14-4-9(12)13/h1-2,9,14H,3-4H2. The maximum atomic E-state index is 13.1. The molecule has 8 heteroatoms. The number of nitrogens with zero attached hydrogens (tertiary/aromatic N) is 1. The number of halogens is 4. The van der Waals surface area contributed by atoms with E-state index in [0.717, 1.165) is 0 Å². The molecule has 0 aliphatic carbocycles. The Hall–Kier alpha value is -1.70. The van der Waals surface area contributed by atoms with Crippen LogP contribution in [0.4, 0.5) is 23.2 Å². The molecule has 0 radical (unpaired) electrons. The van der Waals surface area contributed by atoms with Crippen LogP contribution >= 0.6 is 0 Å². The van der Waals surface area contributed by atoms with Crippen LogP contribution in [-0.4, -0.2) is 17.9 Å². The van der Waals surface area contributed by atoms with E-state index in [0.29, 0.717) is 12.1 Å². The van der Waals surface area contributed by atoms with Gasteiger partial charge in [-0.3, -0.25) is 10.1 Å². The number of benzene rings is 1. The van der Waals surface area contributed by atoms with E-state index in [9.17, 15) is 27.7 Å². The van der Waals surface area contributed by atoms with Crippen molar-refractivity contribution in [3.8, 4) is 0 Å². The smallest absolute Gasteiger partial charge is 0.305 e. The van der Waals surface area contributed by atoms with E-state index in [2.05, 4.69) is 5.32 Å². The molecule has 1 aromatic carbocycles. The van der Waals surface area contributed by atoms with Crippen molar-refractivity contribution in [1.82, 2.24) is 5.32 Å². The number of nitro benzene ring substituents is 1. The first-order valence-electron chi connectivity index (χ1n) is 4.53. The lowest BCUT2D eigenvalue weighted by Gasteiger charge is -2.05. The number of hydrogen-bond donors (Lipinski definition) is 1. The van der Waals surface area contributed by atoms with Crippen LogP contribution in [0.5, 0.6) is 0 Å². The van der Waals surface area contributed by atoms with Crippen molar-refractivity contribution in [3.63, 3.8) is 0 Å². The molecule has 1 rings (SSSR count). The van der Waals surface area contributed by atoms with Crippen LogP contribution in [0.2, 0.25) is 0 Å². The van der Waals surface area contributed by atoms with Crippen LogP contribution in [0.3, 0.4) is 0 Å². The molecular formula is C9H8F4N2O2. The van der Waals surface area contributed by atoms with Crippen molar-refractivity contribution >= 4 is 5.69 Å². The molecule has 1 N–H and O–H groups in total. The third-order valence-corrected chi connectivity index (χ3v) is 1.93. The first kappa shape index (κ1) is 13.4. The van der Waals surface area contributed by atoms with Gasteiger partial charge < -0.3 is 5.32 Å². The average molecular weight is 252 g/mol. The Balaban J connectivity index is 2.84. The van der Waals surface area contributed by atoms with Crippen LogP contribution in [-0.2, 0) is 6.54 Å². The predicted octanol–water partition coefficient (Wildman–Crippen LogP) is 2.23. The van der Waals surface area contributed by atoms with Crippen LogP contribution in [0.1, 0.15) is 5.56 Å². The summed E-state index contributed by atoms with van der Waals surface area (Å²) in [5.41, 5.74) is -1.13. The molecule has 4 nitrogen and oxygen atoms in total. The van der Waals surface area contributed by atoms with Gasteiger partial charge in [-0.1, -0.05) is 0 Å². The Bertz CT molecular complexity index is 426. The molecule has 0 atom stereocenters. The molecule has 0 amide bonds. The van der Waals surface area contributed by atoms with Crippen molar-refractivity contribution in [2.75, 3.05) is 6.54 Å². The lowest BCUT2D eigenvalue weighted by molar-refractivity contribution is -0.387. The van der Waals surface area contributed by atoms with Crippen molar-refractivity contribution in [2.24, 2.45) is 0 Å². The highest BCUT2D eigenvalue weighted by Gasteiger charge is 2.18. The summed E-state index contributed by atoms with van der Waals surface area (Å²) in [5.74, 6) is -2.32. The summed E-state index contributed by atoms with van der Waals surface area (Å²) in [5, 5.41) is 12.6. The predicted molar refractivity (Wildman–Crippen MR) is 50.7 cm³/mol. The van der Waals surface area contributed by atoms with Crippen LogP contribution < -0.4 is 5.32 Å². The Labute approximate surface area is 93.4 Å². The Morgan fingerprint density at radius 1 is 1.29 bits per heavy atom. The molecule has 0 saturated heterocycles. The summed E-state index contributed by atoms with van der Waals surface area (Å²) in [7, 11) is 0. The van der Waals surface area contributed by atoms with E-state index in [4.69, 9.17) is 0 Å². The molecule has 0 fully saturated rings. The second-order valence-corrected chi connectivity index (χ2v) is 3.17. The summed E-state index contributed by atoms with van der Waals surface area (Å²) >= 11 is 0. The highest BCUT2D eigenvalue weighted by molar-refractivity contribution is 5.37. The number of nitro groups is 1. The van der Waals surface area contributed by atoms with E-state index in [1.165, 1.54) is 0 Å². The minimum atomic E-state index is -2.62. The number of hydrogen-bond acceptors (Lipinski definition) is 3. The first-order valence-corrected chi connectivity index (χ1v) is 4.53. The molecule has 0 aliphatic rings. The van der Waals surface area contributed by atoms with E-state index in [1.54, 1.807) is 0 Å². The summed E-state index contributed by atoms with van der Waals surface area (Å²) < 4.78 is 49.6. The lowest BCUT2D eigenvalue weighted by Crippen LogP contribution is -2.21. The van der Waals surface area contributed by atoms with Gasteiger partial charge in [0.05, 0.1) is 11.5 Å². The van der Waals surface area contributed by atoms with Crippen molar-refractivity contribution in [2.45, 2.75) is 13.0 Å². The minimum absolute atomic E-state index is 0.237. The van der Waals surface area contributed by atoms with Crippen LogP contribution in [0, 0.1) is 21.7 Å².